The van der Waals surface area contributed by atoms with Crippen LogP contribution in [0.3, 0.4) is 0 Å². The van der Waals surface area contributed by atoms with Crippen LogP contribution in [-0.2, 0) is 59.4 Å². The number of carbonyl (C=O) groups is 4. The largest absolute Gasteiger partial charge is 0.508 e. The van der Waals surface area contributed by atoms with E-state index in [1.807, 2.05) is 24.4 Å². The summed E-state index contributed by atoms with van der Waals surface area (Å²) in [7, 11) is 1.67. The average molecular weight is 839 g/mol. The number of phenols is 1. The second-order valence-corrected chi connectivity index (χ2v) is 17.4. The van der Waals surface area contributed by atoms with Crippen LogP contribution in [0.1, 0.15) is 77.0 Å². The molecule has 3 atom stereocenters. The number of fused-ring (bicyclic) bond motifs is 6. The Morgan fingerprint density at radius 3 is 2.57 bits per heavy atom. The molecule has 3 aliphatic heterocycles. The molecule has 4 aromatic rings. The van der Waals surface area contributed by atoms with E-state index in [1.165, 1.54) is 5.01 Å². The smallest absolute Gasteiger partial charge is 0.410 e. The monoisotopic (exact) mass is 838 g/mol. The maximum Gasteiger partial charge on any atom is 0.410 e. The summed E-state index contributed by atoms with van der Waals surface area (Å²) >= 11 is 0. The number of ether oxygens (including phenoxy) is 3. The van der Waals surface area contributed by atoms with Gasteiger partial charge in [-0.25, -0.2) is 15.7 Å². The molecule has 7 rings (SSSR count). The third kappa shape index (κ3) is 9.69. The Bertz CT molecular complexity index is 2260. The van der Waals surface area contributed by atoms with Gasteiger partial charge in [-0.2, -0.15) is 0 Å². The van der Waals surface area contributed by atoms with E-state index in [1.54, 1.807) is 44.2 Å². The lowest BCUT2D eigenvalue weighted by molar-refractivity contribution is -0.166. The number of amides is 3. The number of pyridine rings is 1. The number of methoxy groups -OCH3 is 1. The summed E-state index contributed by atoms with van der Waals surface area (Å²) in [6.07, 6.45) is 3.74. The first-order valence-electron chi connectivity index (χ1n) is 21.3. The van der Waals surface area contributed by atoms with Gasteiger partial charge in [-0.15, -0.1) is 0 Å². The van der Waals surface area contributed by atoms with Crippen molar-refractivity contribution in [3.63, 3.8) is 0 Å². The van der Waals surface area contributed by atoms with Crippen LogP contribution in [-0.4, -0.2) is 100 Å². The summed E-state index contributed by atoms with van der Waals surface area (Å²) in [5.41, 5.74) is 12.1. The maximum absolute atomic E-state index is 14.4. The Kier molecular flexibility index (Phi) is 13.3. The number of cyclic esters (lactones) is 1. The number of hydroxylamine groups is 1. The fourth-order valence-corrected chi connectivity index (χ4v) is 8.64. The predicted molar refractivity (Wildman–Crippen MR) is 228 cm³/mol. The number of hydrogen-bond acceptors (Lipinski definition) is 11. The van der Waals surface area contributed by atoms with Gasteiger partial charge in [0, 0.05) is 74.0 Å². The van der Waals surface area contributed by atoms with E-state index >= 15 is 0 Å². The summed E-state index contributed by atoms with van der Waals surface area (Å²) in [6, 6.07) is 12.5. The van der Waals surface area contributed by atoms with E-state index in [4.69, 9.17) is 19.0 Å². The highest BCUT2D eigenvalue weighted by atomic mass is 16.7. The van der Waals surface area contributed by atoms with E-state index in [0.717, 1.165) is 51.7 Å². The number of phenolic OH excluding ortho intramolecular Hbond substituents is 1. The molecule has 6 bridgehead atoms. The minimum Gasteiger partial charge on any atom is -0.508 e. The van der Waals surface area contributed by atoms with Crippen molar-refractivity contribution in [1.29, 1.82) is 0 Å². The first kappa shape index (κ1) is 43.6. The van der Waals surface area contributed by atoms with Gasteiger partial charge in [0.25, 0.3) is 11.8 Å². The molecule has 2 aromatic heterocycles. The second-order valence-electron chi connectivity index (χ2n) is 17.4. The van der Waals surface area contributed by atoms with Crippen molar-refractivity contribution < 1.29 is 43.3 Å². The lowest BCUT2D eigenvalue weighted by atomic mass is 9.84. The van der Waals surface area contributed by atoms with Crippen LogP contribution in [0.15, 0.2) is 54.9 Å². The van der Waals surface area contributed by atoms with Crippen LogP contribution < -0.4 is 10.9 Å². The van der Waals surface area contributed by atoms with Gasteiger partial charge >= 0.3 is 12.1 Å². The van der Waals surface area contributed by atoms with Crippen molar-refractivity contribution in [2.24, 2.45) is 11.3 Å². The van der Waals surface area contributed by atoms with Crippen LogP contribution in [0, 0.1) is 11.3 Å². The molecule has 5 heterocycles. The fraction of sp³-hybridized carbons (Fsp3) is 0.500. The number of nitrogens with one attached hydrogen (secondary N) is 2. The Hall–Kier alpha value is -5.51. The molecule has 0 spiro atoms. The van der Waals surface area contributed by atoms with Crippen molar-refractivity contribution in [1.82, 2.24) is 30.4 Å². The fourth-order valence-electron chi connectivity index (χ4n) is 8.64. The van der Waals surface area contributed by atoms with Crippen LogP contribution in [0.4, 0.5) is 4.79 Å². The van der Waals surface area contributed by atoms with E-state index < -0.39 is 53.5 Å². The highest BCUT2D eigenvalue weighted by Gasteiger charge is 2.37. The Morgan fingerprint density at radius 2 is 1.84 bits per heavy atom. The molecule has 326 valence electrons. The molecule has 0 saturated carbocycles. The Balaban J connectivity index is 1.29. The quantitative estimate of drug-likeness (QED) is 0.132. The Labute approximate surface area is 356 Å². The second kappa shape index (κ2) is 18.6. The predicted octanol–water partition coefficient (Wildman–Crippen LogP) is 6.08. The molecular formula is C46H58N6O9. The molecule has 61 heavy (non-hydrogen) atoms. The minimum atomic E-state index is -1.31. The van der Waals surface area contributed by atoms with Gasteiger partial charge in [0.2, 0.25) is 0 Å². The van der Waals surface area contributed by atoms with Crippen molar-refractivity contribution in [3.05, 3.63) is 71.5 Å². The lowest BCUT2D eigenvalue weighted by Gasteiger charge is -2.35. The molecule has 2 aromatic carbocycles. The summed E-state index contributed by atoms with van der Waals surface area (Å²) in [4.78, 5) is 66.6. The number of rotatable bonds is 9. The highest BCUT2D eigenvalue weighted by molar-refractivity contribution is 5.95. The number of esters is 1. The molecule has 0 radical (unpaired) electrons. The van der Waals surface area contributed by atoms with Gasteiger partial charge in [-0.1, -0.05) is 39.8 Å². The highest BCUT2D eigenvalue weighted by Crippen LogP contribution is 2.41. The number of aromatic nitrogens is 2. The zero-order valence-corrected chi connectivity index (χ0v) is 36.0. The van der Waals surface area contributed by atoms with Crippen molar-refractivity contribution in [3.8, 4) is 28.1 Å². The van der Waals surface area contributed by atoms with Gasteiger partial charge in [-0.05, 0) is 103 Å². The molecule has 2 saturated heterocycles. The molecule has 15 nitrogen and oxygen atoms in total. The number of nitrogens with zero attached hydrogens (tertiary/aromatic N) is 4. The molecule has 3 aliphatic rings. The molecule has 2 fully saturated rings. The third-order valence-corrected chi connectivity index (χ3v) is 11.7. The van der Waals surface area contributed by atoms with Crippen molar-refractivity contribution in [2.75, 3.05) is 33.4 Å². The van der Waals surface area contributed by atoms with Gasteiger partial charge in [0.1, 0.15) is 11.8 Å². The zero-order chi connectivity index (χ0) is 43.4. The van der Waals surface area contributed by atoms with Crippen LogP contribution in [0.5, 0.6) is 5.75 Å². The molecule has 3 N–H and O–H groups in total. The van der Waals surface area contributed by atoms with Crippen LogP contribution >= 0.6 is 0 Å². The van der Waals surface area contributed by atoms with Crippen molar-refractivity contribution in [2.45, 2.75) is 105 Å². The van der Waals surface area contributed by atoms with Gasteiger partial charge < -0.3 is 28.8 Å². The molecule has 3 amide bonds. The van der Waals surface area contributed by atoms with E-state index in [0.29, 0.717) is 56.6 Å². The summed E-state index contributed by atoms with van der Waals surface area (Å²) in [5.74, 6) is -2.15. The van der Waals surface area contributed by atoms with Gasteiger partial charge in [0.15, 0.2) is 12.2 Å². The van der Waals surface area contributed by atoms with E-state index in [2.05, 4.69) is 53.4 Å². The SMILES string of the molecule is CCn1c(-c2cnccc2COC)c2c3cc(ccc31)-c1cc(O)cc(c1)C[C@H](ONC(=O)[C@@H](OC(=O)N1CCCC1)C(C)C)C(=O)N1CCC[C@H](N1)C(=O)OCC(C)(C)C2. The first-order chi connectivity index (χ1) is 29.3. The van der Waals surface area contributed by atoms with Crippen LogP contribution in [0.25, 0.3) is 33.3 Å². The topological polar surface area (TPSA) is 174 Å². The standard InChI is InChI=1S/C46H58N6O9/c1-7-51-38-13-12-30-23-34(38)35(40(51)36-25-47-15-14-31(36)26-58-6)24-46(4,5)27-59-44(56)37-11-10-18-52(48-37)43(55)39(21-29-19-32(30)22-33(53)20-29)61-49-42(54)41(28(2)3)60-45(57)50-16-8-9-17-50/h12-15,19-20,22-23,25,28,37,39,41,48,53H,7-11,16-18,21,24,26-27H2,1-6H3,(H,49,54)/t37-,39-,41-/m0/s1. The van der Waals surface area contributed by atoms with E-state index in [9.17, 15) is 24.3 Å². The number of hydrogen-bond donors (Lipinski definition) is 3. The van der Waals surface area contributed by atoms with E-state index in [-0.39, 0.29) is 25.3 Å². The molecule has 0 aliphatic carbocycles. The first-order valence-corrected chi connectivity index (χ1v) is 21.3. The summed E-state index contributed by atoms with van der Waals surface area (Å²) in [6.45, 7) is 12.3. The molecular weight excluding hydrogens is 781 g/mol. The summed E-state index contributed by atoms with van der Waals surface area (Å²) in [5, 5.41) is 13.5. The number of likely N-dealkylation sites (tertiary alicyclic amines) is 1. The van der Waals surface area contributed by atoms with Gasteiger partial charge in [0.05, 0.1) is 18.9 Å². The Morgan fingerprint density at radius 1 is 1.05 bits per heavy atom. The van der Waals surface area contributed by atoms with Crippen LogP contribution in [0.2, 0.25) is 0 Å². The lowest BCUT2D eigenvalue weighted by Crippen LogP contribution is -2.59. The maximum atomic E-state index is 14.4. The number of carbonyl (C=O) groups excluding carboxylic acids is 4. The zero-order valence-electron chi connectivity index (χ0n) is 36.0. The minimum absolute atomic E-state index is 0.0161. The van der Waals surface area contributed by atoms with Gasteiger partial charge in [-0.3, -0.25) is 29.2 Å². The normalized spacial score (nSPS) is 20.0. The van der Waals surface area contributed by atoms with Crippen molar-refractivity contribution >= 4 is 34.8 Å². The summed E-state index contributed by atoms with van der Waals surface area (Å²) < 4.78 is 19.6. The number of aryl methyl sites for hydroxylation is 1. The number of hydrazine groups is 1. The average Bonchev–Trinajstić information content (AvgIpc) is 3.89. The molecule has 15 heteroatoms. The number of aromatic hydroxyl groups is 1. The number of benzene rings is 2. The molecule has 0 unspecified atom stereocenters. The third-order valence-electron chi connectivity index (χ3n) is 11.7.